The van der Waals surface area contributed by atoms with Crippen LogP contribution in [0.3, 0.4) is 0 Å². The minimum absolute atomic E-state index is 0.00532. The molecular weight excluding hydrogens is 302 g/mol. The summed E-state index contributed by atoms with van der Waals surface area (Å²) in [6.07, 6.45) is 3.13. The zero-order valence-electron chi connectivity index (χ0n) is 10.0. The predicted octanol–water partition coefficient (Wildman–Crippen LogP) is 3.45. The lowest BCUT2D eigenvalue weighted by Gasteiger charge is -2.04. The molecule has 0 atom stereocenters. The van der Waals surface area contributed by atoms with Gasteiger partial charge in [-0.2, -0.15) is 0 Å². The average molecular weight is 320 g/mol. The molecule has 3 nitrogen and oxygen atoms in total. The Balaban J connectivity index is 2.05. The number of carbonyl (C=O) groups excluding carboxylic acids is 1. The third-order valence-corrected chi connectivity index (χ3v) is 3.81. The van der Waals surface area contributed by atoms with Crippen molar-refractivity contribution in [2.24, 2.45) is 0 Å². The van der Waals surface area contributed by atoms with Gasteiger partial charge in [-0.05, 0) is 40.9 Å². The molecule has 0 saturated heterocycles. The van der Waals surface area contributed by atoms with Gasteiger partial charge < -0.3 is 10.1 Å². The molecule has 1 N–H and O–H groups in total. The first-order valence-corrected chi connectivity index (χ1v) is 7.46. The molecule has 0 unspecified atom stereocenters. The molecule has 0 radical (unpaired) electrons. The maximum absolute atomic E-state index is 11.6. The zero-order chi connectivity index (χ0) is 12.5. The van der Waals surface area contributed by atoms with Crippen LogP contribution >= 0.6 is 27.3 Å². The van der Waals surface area contributed by atoms with Crippen molar-refractivity contribution >= 4 is 33.2 Å². The fourth-order valence-corrected chi connectivity index (χ4v) is 2.55. The van der Waals surface area contributed by atoms with Crippen molar-refractivity contribution < 1.29 is 9.53 Å². The van der Waals surface area contributed by atoms with E-state index in [1.54, 1.807) is 0 Å². The Morgan fingerprint density at radius 1 is 1.41 bits per heavy atom. The molecule has 1 aromatic rings. The molecule has 1 rings (SSSR count). The molecule has 0 bridgehead atoms. The Labute approximate surface area is 115 Å². The predicted molar refractivity (Wildman–Crippen MR) is 74.7 cm³/mol. The van der Waals surface area contributed by atoms with Crippen LogP contribution in [0.1, 0.15) is 35.9 Å². The van der Waals surface area contributed by atoms with E-state index >= 15 is 0 Å². The van der Waals surface area contributed by atoms with Gasteiger partial charge in [0.2, 0.25) is 0 Å². The molecule has 0 spiro atoms. The third kappa shape index (κ3) is 6.19. The molecule has 1 amide bonds. The van der Waals surface area contributed by atoms with Gasteiger partial charge in [0.1, 0.15) is 0 Å². The summed E-state index contributed by atoms with van der Waals surface area (Å²) < 4.78 is 6.39. The monoisotopic (exact) mass is 319 g/mol. The number of rotatable bonds is 8. The Kier molecular flexibility index (Phi) is 7.48. The summed E-state index contributed by atoms with van der Waals surface area (Å²) in [5, 5.41) is 2.87. The van der Waals surface area contributed by atoms with E-state index in [2.05, 4.69) is 28.2 Å². The van der Waals surface area contributed by atoms with Crippen molar-refractivity contribution in [1.82, 2.24) is 5.32 Å². The van der Waals surface area contributed by atoms with Crippen LogP contribution in [0.5, 0.6) is 0 Å². The minimum Gasteiger partial charge on any atom is -0.381 e. The summed E-state index contributed by atoms with van der Waals surface area (Å²) >= 11 is 4.78. The number of ether oxygens (including phenoxy) is 1. The number of carbonyl (C=O) groups is 1. The lowest BCUT2D eigenvalue weighted by Crippen LogP contribution is -2.24. The first-order chi connectivity index (χ1) is 8.24. The summed E-state index contributed by atoms with van der Waals surface area (Å²) in [4.78, 5) is 12.4. The normalized spacial score (nSPS) is 10.5. The summed E-state index contributed by atoms with van der Waals surface area (Å²) in [7, 11) is 0. The smallest absolute Gasteiger partial charge is 0.261 e. The highest BCUT2D eigenvalue weighted by Gasteiger charge is 2.06. The molecule has 96 valence electrons. The van der Waals surface area contributed by atoms with Gasteiger partial charge in [0, 0.05) is 19.8 Å². The number of hydrogen-bond donors (Lipinski definition) is 1. The van der Waals surface area contributed by atoms with E-state index in [9.17, 15) is 4.79 Å². The largest absolute Gasteiger partial charge is 0.381 e. The van der Waals surface area contributed by atoms with E-state index in [1.165, 1.54) is 11.3 Å². The molecule has 0 aliphatic rings. The van der Waals surface area contributed by atoms with Crippen molar-refractivity contribution in [3.63, 3.8) is 0 Å². The maximum Gasteiger partial charge on any atom is 0.261 e. The summed E-state index contributed by atoms with van der Waals surface area (Å²) in [6, 6.07) is 3.70. The summed E-state index contributed by atoms with van der Waals surface area (Å²) in [5.74, 6) is -0.00532. The lowest BCUT2D eigenvalue weighted by molar-refractivity contribution is 0.0944. The van der Waals surface area contributed by atoms with Crippen molar-refractivity contribution in [3.05, 3.63) is 20.8 Å². The van der Waals surface area contributed by atoms with Gasteiger partial charge in [-0.25, -0.2) is 0 Å². The quantitative estimate of drug-likeness (QED) is 0.745. The Morgan fingerprint density at radius 3 is 2.82 bits per heavy atom. The molecular formula is C12H18BrNO2S. The Bertz CT molecular complexity index is 341. The van der Waals surface area contributed by atoms with Crippen LogP contribution in [0, 0.1) is 0 Å². The van der Waals surface area contributed by atoms with Crippen LogP contribution in [0.15, 0.2) is 15.9 Å². The van der Waals surface area contributed by atoms with Gasteiger partial charge in [-0.15, -0.1) is 11.3 Å². The minimum atomic E-state index is -0.00532. The molecule has 0 aliphatic carbocycles. The van der Waals surface area contributed by atoms with Crippen LogP contribution in [-0.4, -0.2) is 25.7 Å². The highest BCUT2D eigenvalue weighted by molar-refractivity contribution is 9.11. The highest BCUT2D eigenvalue weighted by atomic mass is 79.9. The van der Waals surface area contributed by atoms with Crippen LogP contribution in [0.25, 0.3) is 0 Å². The zero-order valence-corrected chi connectivity index (χ0v) is 12.4. The number of nitrogens with one attached hydrogen (secondary N) is 1. The number of unbranched alkanes of at least 4 members (excludes halogenated alkanes) is 1. The standard InChI is InChI=1S/C12H18BrNO2S/c1-2-3-8-16-9-4-7-14-12(15)10-5-6-11(13)17-10/h5-6H,2-4,7-9H2,1H3,(H,14,15). The Morgan fingerprint density at radius 2 is 2.18 bits per heavy atom. The number of thiophene rings is 1. The molecule has 1 heterocycles. The van der Waals surface area contributed by atoms with Gasteiger partial charge in [0.15, 0.2) is 0 Å². The lowest BCUT2D eigenvalue weighted by atomic mass is 10.3. The van der Waals surface area contributed by atoms with E-state index < -0.39 is 0 Å². The molecule has 0 aliphatic heterocycles. The third-order valence-electron chi connectivity index (χ3n) is 2.19. The van der Waals surface area contributed by atoms with Crippen LogP contribution in [0.2, 0.25) is 0 Å². The van der Waals surface area contributed by atoms with Crippen molar-refractivity contribution in [2.75, 3.05) is 19.8 Å². The first-order valence-electron chi connectivity index (χ1n) is 5.85. The molecule has 0 fully saturated rings. The second-order valence-electron chi connectivity index (χ2n) is 3.68. The average Bonchev–Trinajstić information content (AvgIpc) is 2.74. The van der Waals surface area contributed by atoms with Crippen LogP contribution < -0.4 is 5.32 Å². The Hall–Kier alpha value is -0.390. The van der Waals surface area contributed by atoms with Gasteiger partial charge in [0.25, 0.3) is 5.91 Å². The van der Waals surface area contributed by atoms with Crippen molar-refractivity contribution in [2.45, 2.75) is 26.2 Å². The van der Waals surface area contributed by atoms with Crippen LogP contribution in [-0.2, 0) is 4.74 Å². The van der Waals surface area contributed by atoms with Gasteiger partial charge in [0.05, 0.1) is 8.66 Å². The van der Waals surface area contributed by atoms with E-state index in [1.807, 2.05) is 12.1 Å². The van der Waals surface area contributed by atoms with Gasteiger partial charge in [-0.1, -0.05) is 13.3 Å². The fourth-order valence-electron chi connectivity index (χ4n) is 1.25. The van der Waals surface area contributed by atoms with E-state index in [0.29, 0.717) is 13.2 Å². The number of amides is 1. The molecule has 17 heavy (non-hydrogen) atoms. The topological polar surface area (TPSA) is 38.3 Å². The SMILES string of the molecule is CCCCOCCCNC(=O)c1ccc(Br)s1. The van der Waals surface area contributed by atoms with E-state index in [0.717, 1.165) is 34.5 Å². The second-order valence-corrected chi connectivity index (χ2v) is 6.14. The molecule has 5 heteroatoms. The van der Waals surface area contributed by atoms with E-state index in [4.69, 9.17) is 4.74 Å². The van der Waals surface area contributed by atoms with Crippen LogP contribution in [0.4, 0.5) is 0 Å². The number of hydrogen-bond acceptors (Lipinski definition) is 3. The second kappa shape index (κ2) is 8.66. The van der Waals surface area contributed by atoms with Gasteiger partial charge in [-0.3, -0.25) is 4.79 Å². The summed E-state index contributed by atoms with van der Waals surface area (Å²) in [6.45, 7) is 4.35. The highest BCUT2D eigenvalue weighted by Crippen LogP contribution is 2.21. The van der Waals surface area contributed by atoms with Gasteiger partial charge >= 0.3 is 0 Å². The van der Waals surface area contributed by atoms with Crippen molar-refractivity contribution in [3.8, 4) is 0 Å². The van der Waals surface area contributed by atoms with Crippen molar-refractivity contribution in [1.29, 1.82) is 0 Å². The fraction of sp³-hybridized carbons (Fsp3) is 0.583. The van der Waals surface area contributed by atoms with E-state index in [-0.39, 0.29) is 5.91 Å². The summed E-state index contributed by atoms with van der Waals surface area (Å²) in [5.41, 5.74) is 0. The first kappa shape index (κ1) is 14.7. The maximum atomic E-state index is 11.6. The molecule has 0 saturated carbocycles. The molecule has 1 aromatic heterocycles. The number of halogens is 1. The molecule has 0 aromatic carbocycles.